The minimum Gasteiger partial charge on any atom is -0.506 e. The van der Waals surface area contributed by atoms with Gasteiger partial charge >= 0.3 is 0 Å². The topological polar surface area (TPSA) is 92.9 Å². The number of nitrogens with zero attached hydrogens (tertiary/aromatic N) is 4. The Bertz CT molecular complexity index is 528. The molecule has 0 unspecified atom stereocenters. The summed E-state index contributed by atoms with van der Waals surface area (Å²) in [5, 5.41) is 22.7. The second-order valence-corrected chi connectivity index (χ2v) is 3.65. The van der Waals surface area contributed by atoms with E-state index in [1.165, 1.54) is 29.2 Å². The number of amides is 1. The van der Waals surface area contributed by atoms with E-state index in [0.717, 1.165) is 0 Å². The van der Waals surface area contributed by atoms with Crippen molar-refractivity contribution in [1.82, 2.24) is 20.2 Å². The molecule has 1 aromatic heterocycles. The van der Waals surface area contributed by atoms with E-state index in [9.17, 15) is 9.90 Å². The monoisotopic (exact) mass is 253 g/mol. The predicted molar refractivity (Wildman–Crippen MR) is 59.6 cm³/mol. The van der Waals surface area contributed by atoms with Gasteiger partial charge < -0.3 is 10.4 Å². The molecule has 0 aliphatic heterocycles. The fourth-order valence-electron chi connectivity index (χ4n) is 1.20. The van der Waals surface area contributed by atoms with E-state index in [1.807, 2.05) is 0 Å². The molecule has 8 heteroatoms. The van der Waals surface area contributed by atoms with E-state index in [2.05, 4.69) is 20.8 Å². The number of aromatic hydroxyl groups is 1. The molecule has 7 nitrogen and oxygen atoms in total. The van der Waals surface area contributed by atoms with Crippen LogP contribution in [0.15, 0.2) is 24.5 Å². The van der Waals surface area contributed by atoms with Crippen molar-refractivity contribution in [2.45, 2.75) is 6.54 Å². The number of hydrogen-bond donors (Lipinski definition) is 2. The molecule has 0 spiro atoms. The van der Waals surface area contributed by atoms with E-state index < -0.39 is 0 Å². The summed E-state index contributed by atoms with van der Waals surface area (Å²) in [5.41, 5.74) is 0.246. The van der Waals surface area contributed by atoms with Crippen molar-refractivity contribution in [2.75, 3.05) is 5.32 Å². The summed E-state index contributed by atoms with van der Waals surface area (Å²) < 4.78 is 1.26. The van der Waals surface area contributed by atoms with Gasteiger partial charge in [0.2, 0.25) is 5.91 Å². The molecule has 0 saturated carbocycles. The van der Waals surface area contributed by atoms with E-state index >= 15 is 0 Å². The van der Waals surface area contributed by atoms with Crippen molar-refractivity contribution in [1.29, 1.82) is 0 Å². The maximum atomic E-state index is 11.6. The molecular weight excluding hydrogens is 246 g/mol. The zero-order chi connectivity index (χ0) is 12.3. The molecule has 2 aromatic rings. The van der Waals surface area contributed by atoms with Gasteiger partial charge in [0.15, 0.2) is 0 Å². The van der Waals surface area contributed by atoms with Crippen molar-refractivity contribution < 1.29 is 9.90 Å². The number of phenolic OH excluding ortho intramolecular Hbond substituents is 1. The first-order chi connectivity index (χ1) is 8.15. The SMILES string of the molecule is O=C(Cn1cnnn1)Nc1cc(Cl)ccc1O. The van der Waals surface area contributed by atoms with Crippen molar-refractivity contribution >= 4 is 23.2 Å². The Morgan fingerprint density at radius 2 is 2.35 bits per heavy atom. The number of carbonyl (C=O) groups is 1. The third-order valence-corrected chi connectivity index (χ3v) is 2.16. The highest BCUT2D eigenvalue weighted by molar-refractivity contribution is 6.31. The number of nitrogens with one attached hydrogen (secondary N) is 1. The molecular formula is C9H8ClN5O2. The van der Waals surface area contributed by atoms with Crippen LogP contribution in [0.5, 0.6) is 5.75 Å². The Balaban J connectivity index is 2.05. The smallest absolute Gasteiger partial charge is 0.246 e. The minimum atomic E-state index is -0.366. The molecule has 1 aromatic carbocycles. The number of halogens is 1. The maximum absolute atomic E-state index is 11.6. The molecule has 0 radical (unpaired) electrons. The fourth-order valence-corrected chi connectivity index (χ4v) is 1.37. The number of phenols is 1. The Morgan fingerprint density at radius 3 is 3.06 bits per heavy atom. The molecule has 17 heavy (non-hydrogen) atoms. The third-order valence-electron chi connectivity index (χ3n) is 1.93. The maximum Gasteiger partial charge on any atom is 0.246 e. The van der Waals surface area contributed by atoms with Crippen molar-refractivity contribution in [3.63, 3.8) is 0 Å². The Hall–Kier alpha value is -2.15. The molecule has 1 heterocycles. The highest BCUT2D eigenvalue weighted by Crippen LogP contribution is 2.26. The van der Waals surface area contributed by atoms with Gasteiger partial charge in [0.25, 0.3) is 0 Å². The average molecular weight is 254 g/mol. The first-order valence-corrected chi connectivity index (χ1v) is 5.02. The normalized spacial score (nSPS) is 10.2. The number of tetrazole rings is 1. The number of aromatic nitrogens is 4. The van der Waals surface area contributed by atoms with Crippen molar-refractivity contribution in [3.8, 4) is 5.75 Å². The van der Waals surface area contributed by atoms with Crippen LogP contribution in [0.4, 0.5) is 5.69 Å². The molecule has 0 saturated heterocycles. The van der Waals surface area contributed by atoms with Gasteiger partial charge in [0.05, 0.1) is 5.69 Å². The van der Waals surface area contributed by atoms with Crippen LogP contribution >= 0.6 is 11.6 Å². The Kier molecular flexibility index (Phi) is 3.20. The fraction of sp³-hybridized carbons (Fsp3) is 0.111. The number of benzene rings is 1. The number of rotatable bonds is 3. The summed E-state index contributed by atoms with van der Waals surface area (Å²) >= 11 is 5.74. The Labute approximate surface area is 101 Å². The van der Waals surface area contributed by atoms with Gasteiger partial charge in [-0.1, -0.05) is 11.6 Å². The second-order valence-electron chi connectivity index (χ2n) is 3.22. The van der Waals surface area contributed by atoms with Crippen molar-refractivity contribution in [3.05, 3.63) is 29.5 Å². The highest BCUT2D eigenvalue weighted by Gasteiger charge is 2.08. The molecule has 0 fully saturated rings. The van der Waals surface area contributed by atoms with Gasteiger partial charge in [-0.15, -0.1) is 5.10 Å². The number of anilines is 1. The molecule has 0 bridgehead atoms. The highest BCUT2D eigenvalue weighted by atomic mass is 35.5. The molecule has 2 rings (SSSR count). The standard InChI is InChI=1S/C9H8ClN5O2/c10-6-1-2-8(16)7(3-6)12-9(17)4-15-5-11-13-14-15/h1-3,5,16H,4H2,(H,12,17). The summed E-state index contributed by atoms with van der Waals surface area (Å²) in [4.78, 5) is 11.6. The van der Waals surface area contributed by atoms with E-state index in [4.69, 9.17) is 11.6 Å². The predicted octanol–water partition coefficient (Wildman–Crippen LogP) is 0.671. The minimum absolute atomic E-state index is 0.0427. The first-order valence-electron chi connectivity index (χ1n) is 4.64. The van der Waals surface area contributed by atoms with Gasteiger partial charge in [0, 0.05) is 5.02 Å². The molecule has 0 aliphatic carbocycles. The zero-order valence-electron chi connectivity index (χ0n) is 8.54. The summed E-state index contributed by atoms with van der Waals surface area (Å²) in [6, 6.07) is 4.37. The molecule has 0 aliphatic rings. The zero-order valence-corrected chi connectivity index (χ0v) is 9.29. The Morgan fingerprint density at radius 1 is 1.53 bits per heavy atom. The lowest BCUT2D eigenvalue weighted by Gasteiger charge is -2.07. The van der Waals surface area contributed by atoms with Crippen LogP contribution in [0, 0.1) is 0 Å². The summed E-state index contributed by atoms with van der Waals surface area (Å²) in [7, 11) is 0. The van der Waals surface area contributed by atoms with Crippen LogP contribution in [0.3, 0.4) is 0 Å². The number of hydrogen-bond acceptors (Lipinski definition) is 5. The van der Waals surface area contributed by atoms with Crippen molar-refractivity contribution in [2.24, 2.45) is 0 Å². The van der Waals surface area contributed by atoms with Crippen LogP contribution in [0.1, 0.15) is 0 Å². The third kappa shape index (κ3) is 2.91. The summed E-state index contributed by atoms with van der Waals surface area (Å²) in [6.07, 6.45) is 1.32. The average Bonchev–Trinajstić information content (AvgIpc) is 2.76. The van der Waals surface area contributed by atoms with Crippen LogP contribution in [0.2, 0.25) is 5.02 Å². The van der Waals surface area contributed by atoms with Gasteiger partial charge in [-0.3, -0.25) is 4.79 Å². The van der Waals surface area contributed by atoms with Gasteiger partial charge in [-0.25, -0.2) is 4.68 Å². The number of carbonyl (C=O) groups excluding carboxylic acids is 1. The summed E-state index contributed by atoms with van der Waals surface area (Å²) in [5.74, 6) is -0.422. The second kappa shape index (κ2) is 4.79. The molecule has 0 atom stereocenters. The van der Waals surface area contributed by atoms with Crippen LogP contribution in [-0.2, 0) is 11.3 Å². The summed E-state index contributed by atoms with van der Waals surface area (Å²) in [6.45, 7) is -0.0427. The lowest BCUT2D eigenvalue weighted by molar-refractivity contribution is -0.116. The quantitative estimate of drug-likeness (QED) is 0.785. The van der Waals surface area contributed by atoms with Gasteiger partial charge in [-0.2, -0.15) is 0 Å². The first kappa shape index (κ1) is 11.3. The van der Waals surface area contributed by atoms with Crippen LogP contribution < -0.4 is 5.32 Å². The van der Waals surface area contributed by atoms with E-state index in [0.29, 0.717) is 5.02 Å². The van der Waals surface area contributed by atoms with E-state index in [-0.39, 0.29) is 23.9 Å². The van der Waals surface area contributed by atoms with E-state index in [1.54, 1.807) is 0 Å². The largest absolute Gasteiger partial charge is 0.506 e. The molecule has 88 valence electrons. The van der Waals surface area contributed by atoms with Gasteiger partial charge in [0.1, 0.15) is 18.6 Å². The van der Waals surface area contributed by atoms with Crippen LogP contribution in [0.25, 0.3) is 0 Å². The lowest BCUT2D eigenvalue weighted by atomic mass is 10.3. The van der Waals surface area contributed by atoms with Gasteiger partial charge in [-0.05, 0) is 28.6 Å². The van der Waals surface area contributed by atoms with Crippen LogP contribution in [-0.4, -0.2) is 31.2 Å². The lowest BCUT2D eigenvalue weighted by Crippen LogP contribution is -2.19. The molecule has 1 amide bonds. The molecule has 2 N–H and O–H groups in total.